The van der Waals surface area contributed by atoms with E-state index in [1.807, 2.05) is 6.07 Å². The molecule has 1 aromatic carbocycles. The first kappa shape index (κ1) is 13.9. The molecule has 3 nitrogen and oxygen atoms in total. The number of hydrogen-bond acceptors (Lipinski definition) is 3. The predicted molar refractivity (Wildman–Crippen MR) is 68.0 cm³/mol. The van der Waals surface area contributed by atoms with Crippen molar-refractivity contribution in [1.82, 2.24) is 4.98 Å². The Bertz CT molecular complexity index is 721. The summed E-state index contributed by atoms with van der Waals surface area (Å²) in [4.78, 5) is 4.08. The van der Waals surface area contributed by atoms with Crippen molar-refractivity contribution in [3.05, 3.63) is 52.5 Å². The number of aromatic nitrogens is 1. The molecule has 0 saturated heterocycles. The molecule has 1 N–H and O–H groups in total. The van der Waals surface area contributed by atoms with Crippen molar-refractivity contribution in [1.29, 1.82) is 5.26 Å². The second-order valence-corrected chi connectivity index (χ2v) is 4.26. The third-order valence-corrected chi connectivity index (χ3v) is 2.74. The normalized spacial score (nSPS) is 10.2. The van der Waals surface area contributed by atoms with E-state index in [1.165, 1.54) is 0 Å². The third-order valence-electron chi connectivity index (χ3n) is 2.74. The smallest absolute Gasteiger partial charge is 0.196 e. The van der Waals surface area contributed by atoms with E-state index in [1.54, 1.807) is 19.9 Å². The van der Waals surface area contributed by atoms with E-state index >= 15 is 0 Å². The zero-order chi connectivity index (χ0) is 14.9. The van der Waals surface area contributed by atoms with Gasteiger partial charge in [0.15, 0.2) is 17.5 Å². The maximum Gasteiger partial charge on any atom is 0.196 e. The van der Waals surface area contributed by atoms with Gasteiger partial charge in [-0.2, -0.15) is 5.26 Å². The van der Waals surface area contributed by atoms with Crippen molar-refractivity contribution < 1.29 is 13.2 Å². The Hall–Kier alpha value is -2.55. The number of nitriles is 1. The van der Waals surface area contributed by atoms with Gasteiger partial charge in [0.25, 0.3) is 0 Å². The Kier molecular flexibility index (Phi) is 3.61. The fraction of sp³-hybridized carbons (Fsp3) is 0.143. The average molecular weight is 277 g/mol. The number of rotatable bonds is 2. The summed E-state index contributed by atoms with van der Waals surface area (Å²) < 4.78 is 39.6. The summed E-state index contributed by atoms with van der Waals surface area (Å²) in [5.74, 6) is -4.09. The molecule has 0 radical (unpaired) electrons. The minimum atomic E-state index is -1.57. The molecule has 102 valence electrons. The van der Waals surface area contributed by atoms with Crippen LogP contribution in [0.5, 0.6) is 0 Å². The van der Waals surface area contributed by atoms with Gasteiger partial charge in [-0.1, -0.05) is 0 Å². The molecular weight excluding hydrogens is 267 g/mol. The molecule has 0 saturated carbocycles. The maximum absolute atomic E-state index is 13.6. The van der Waals surface area contributed by atoms with Crippen molar-refractivity contribution in [2.45, 2.75) is 13.8 Å². The van der Waals surface area contributed by atoms with Gasteiger partial charge < -0.3 is 5.32 Å². The highest BCUT2D eigenvalue weighted by Crippen LogP contribution is 2.26. The summed E-state index contributed by atoms with van der Waals surface area (Å²) in [6.07, 6.45) is 0. The van der Waals surface area contributed by atoms with E-state index in [0.717, 1.165) is 12.1 Å². The molecule has 0 aliphatic carbocycles. The van der Waals surface area contributed by atoms with E-state index in [-0.39, 0.29) is 17.1 Å². The summed E-state index contributed by atoms with van der Waals surface area (Å²) in [7, 11) is 0. The lowest BCUT2D eigenvalue weighted by atomic mass is 10.1. The van der Waals surface area contributed by atoms with Gasteiger partial charge in [0.1, 0.15) is 11.9 Å². The van der Waals surface area contributed by atoms with E-state index < -0.39 is 17.5 Å². The quantitative estimate of drug-likeness (QED) is 0.851. The van der Waals surface area contributed by atoms with Gasteiger partial charge in [-0.15, -0.1) is 0 Å². The number of halogens is 3. The standard InChI is InChI=1S/C14H10F3N3/c1-7-5-8(2)19-14(9(7)6-18)20-11-4-3-10(15)12(16)13(11)17/h3-5H,1-2H3,(H,19,20). The SMILES string of the molecule is Cc1cc(C)c(C#N)c(Nc2ccc(F)c(F)c2F)n1. The molecule has 0 aliphatic rings. The van der Waals surface area contributed by atoms with Gasteiger partial charge in [0.05, 0.1) is 11.3 Å². The highest BCUT2D eigenvalue weighted by atomic mass is 19.2. The van der Waals surface area contributed by atoms with Crippen molar-refractivity contribution >= 4 is 11.5 Å². The molecule has 0 atom stereocenters. The Morgan fingerprint density at radius 2 is 1.85 bits per heavy atom. The Labute approximate surface area is 113 Å². The average Bonchev–Trinajstić information content (AvgIpc) is 2.39. The van der Waals surface area contributed by atoms with E-state index in [2.05, 4.69) is 10.3 Å². The van der Waals surface area contributed by atoms with Crippen molar-refractivity contribution in [2.24, 2.45) is 0 Å². The molecule has 6 heteroatoms. The summed E-state index contributed by atoms with van der Waals surface area (Å²) in [6, 6.07) is 5.49. The van der Waals surface area contributed by atoms with Gasteiger partial charge >= 0.3 is 0 Å². The van der Waals surface area contributed by atoms with Crippen LogP contribution in [0.25, 0.3) is 0 Å². The monoisotopic (exact) mass is 277 g/mol. The molecule has 1 aromatic heterocycles. The molecule has 2 rings (SSSR count). The summed E-state index contributed by atoms with van der Waals surface area (Å²) in [5, 5.41) is 11.6. The van der Waals surface area contributed by atoms with Crippen LogP contribution in [0.3, 0.4) is 0 Å². The zero-order valence-electron chi connectivity index (χ0n) is 10.8. The van der Waals surface area contributed by atoms with Crippen LogP contribution in [-0.4, -0.2) is 4.98 Å². The molecule has 20 heavy (non-hydrogen) atoms. The topological polar surface area (TPSA) is 48.7 Å². The van der Waals surface area contributed by atoms with Crippen LogP contribution in [0.4, 0.5) is 24.7 Å². The number of hydrogen-bond donors (Lipinski definition) is 1. The number of anilines is 2. The van der Waals surface area contributed by atoms with Crippen molar-refractivity contribution in [3.63, 3.8) is 0 Å². The molecule has 0 aliphatic heterocycles. The zero-order valence-corrected chi connectivity index (χ0v) is 10.8. The first-order valence-electron chi connectivity index (χ1n) is 5.73. The van der Waals surface area contributed by atoms with Crippen LogP contribution in [0.2, 0.25) is 0 Å². The molecule has 0 unspecified atom stereocenters. The van der Waals surface area contributed by atoms with Gasteiger partial charge in [0, 0.05) is 5.69 Å². The fourth-order valence-electron chi connectivity index (χ4n) is 1.82. The van der Waals surface area contributed by atoms with Crippen molar-refractivity contribution in [2.75, 3.05) is 5.32 Å². The molecule has 1 heterocycles. The molecule has 0 fully saturated rings. The summed E-state index contributed by atoms with van der Waals surface area (Å²) in [5.41, 5.74) is 1.22. The van der Waals surface area contributed by atoms with Crippen LogP contribution in [0.1, 0.15) is 16.8 Å². The van der Waals surface area contributed by atoms with Crippen LogP contribution >= 0.6 is 0 Å². The van der Waals surface area contributed by atoms with E-state index in [4.69, 9.17) is 5.26 Å². The lowest BCUT2D eigenvalue weighted by Crippen LogP contribution is -2.04. The number of nitrogens with zero attached hydrogens (tertiary/aromatic N) is 2. The maximum atomic E-state index is 13.6. The minimum absolute atomic E-state index is 0.106. The number of benzene rings is 1. The first-order chi connectivity index (χ1) is 9.43. The minimum Gasteiger partial charge on any atom is -0.337 e. The molecule has 0 amide bonds. The van der Waals surface area contributed by atoms with E-state index in [9.17, 15) is 13.2 Å². The number of pyridine rings is 1. The van der Waals surface area contributed by atoms with Crippen LogP contribution in [0, 0.1) is 42.6 Å². The fourth-order valence-corrected chi connectivity index (χ4v) is 1.82. The van der Waals surface area contributed by atoms with Crippen LogP contribution in [-0.2, 0) is 0 Å². The second kappa shape index (κ2) is 5.21. The lowest BCUT2D eigenvalue weighted by Gasteiger charge is -2.11. The van der Waals surface area contributed by atoms with Crippen molar-refractivity contribution in [3.8, 4) is 6.07 Å². The summed E-state index contributed by atoms with van der Waals surface area (Å²) >= 11 is 0. The van der Waals surface area contributed by atoms with E-state index in [0.29, 0.717) is 11.3 Å². The number of aryl methyl sites for hydroxylation is 2. The van der Waals surface area contributed by atoms with Gasteiger partial charge in [-0.05, 0) is 37.6 Å². The van der Waals surface area contributed by atoms with Crippen LogP contribution in [0.15, 0.2) is 18.2 Å². The van der Waals surface area contributed by atoms with Gasteiger partial charge in [-0.25, -0.2) is 18.2 Å². The Morgan fingerprint density at radius 1 is 1.15 bits per heavy atom. The highest BCUT2D eigenvalue weighted by molar-refractivity contribution is 5.65. The van der Waals surface area contributed by atoms with Crippen LogP contribution < -0.4 is 5.32 Å². The molecule has 0 spiro atoms. The molecule has 0 bridgehead atoms. The highest BCUT2D eigenvalue weighted by Gasteiger charge is 2.16. The summed E-state index contributed by atoms with van der Waals surface area (Å²) in [6.45, 7) is 3.42. The lowest BCUT2D eigenvalue weighted by molar-refractivity contribution is 0.449. The number of nitrogens with one attached hydrogen (secondary N) is 1. The molecule has 2 aromatic rings. The van der Waals surface area contributed by atoms with Gasteiger partial charge in [0.2, 0.25) is 0 Å². The third kappa shape index (κ3) is 2.43. The Balaban J connectivity index is 2.51. The van der Waals surface area contributed by atoms with Gasteiger partial charge in [-0.3, -0.25) is 0 Å². The largest absolute Gasteiger partial charge is 0.337 e. The predicted octanol–water partition coefficient (Wildman–Crippen LogP) is 3.73. The first-order valence-corrected chi connectivity index (χ1v) is 5.73. The second-order valence-electron chi connectivity index (χ2n) is 4.26. The Morgan fingerprint density at radius 3 is 2.50 bits per heavy atom. The molecular formula is C14H10F3N3.